The Balaban J connectivity index is 1.78. The number of hydrogen-bond acceptors (Lipinski definition) is 4. The molecule has 1 aromatic rings. The molecule has 2 aliphatic rings. The average Bonchev–Trinajstić information content (AvgIpc) is 2.96. The van der Waals surface area contributed by atoms with Gasteiger partial charge in [0.25, 0.3) is 0 Å². The van der Waals surface area contributed by atoms with Crippen LogP contribution in [0.3, 0.4) is 0 Å². The summed E-state index contributed by atoms with van der Waals surface area (Å²) in [5.74, 6) is 4.15. The van der Waals surface area contributed by atoms with Crippen LogP contribution in [0.4, 0.5) is 0 Å². The number of thioether (sulfide) groups is 1. The fraction of sp³-hybridized carbons (Fsp3) is 0.647. The summed E-state index contributed by atoms with van der Waals surface area (Å²) in [6, 6.07) is 6.42. The third kappa shape index (κ3) is 3.32. The molecule has 21 heavy (non-hydrogen) atoms. The predicted octanol–water partition coefficient (Wildman–Crippen LogP) is 3.57. The summed E-state index contributed by atoms with van der Waals surface area (Å²) < 4.78 is 11.7. The van der Waals surface area contributed by atoms with Gasteiger partial charge in [-0.05, 0) is 68.4 Å². The van der Waals surface area contributed by atoms with Gasteiger partial charge >= 0.3 is 0 Å². The van der Waals surface area contributed by atoms with Crippen molar-refractivity contribution < 1.29 is 9.47 Å². The molecule has 2 saturated heterocycles. The molecule has 2 aliphatic heterocycles. The molecule has 2 heterocycles. The third-order valence-corrected chi connectivity index (χ3v) is 5.68. The largest absolute Gasteiger partial charge is 0.493 e. The number of rotatable bonds is 4. The molecule has 2 fully saturated rings. The van der Waals surface area contributed by atoms with Crippen molar-refractivity contribution >= 4 is 11.8 Å². The van der Waals surface area contributed by atoms with Crippen molar-refractivity contribution in [3.8, 4) is 11.5 Å². The molecule has 0 aromatic heterocycles. The third-order valence-electron chi connectivity index (χ3n) is 4.63. The molecule has 3 nitrogen and oxygen atoms in total. The SMILES string of the molecule is COc1cc(C2(C)CCCN2)ccc1OC1CCSCC1. The van der Waals surface area contributed by atoms with Gasteiger partial charge in [-0.1, -0.05) is 6.07 Å². The number of nitrogens with one attached hydrogen (secondary N) is 1. The topological polar surface area (TPSA) is 30.5 Å². The first-order valence-electron chi connectivity index (χ1n) is 7.89. The van der Waals surface area contributed by atoms with E-state index in [4.69, 9.17) is 9.47 Å². The zero-order valence-corrected chi connectivity index (χ0v) is 13.8. The minimum atomic E-state index is 0.0767. The van der Waals surface area contributed by atoms with Crippen molar-refractivity contribution in [3.05, 3.63) is 23.8 Å². The van der Waals surface area contributed by atoms with Crippen molar-refractivity contribution in [2.45, 2.75) is 44.2 Å². The molecule has 116 valence electrons. The Hall–Kier alpha value is -0.870. The van der Waals surface area contributed by atoms with Crippen LogP contribution >= 0.6 is 11.8 Å². The van der Waals surface area contributed by atoms with Crippen LogP contribution in [0.15, 0.2) is 18.2 Å². The molecule has 0 radical (unpaired) electrons. The molecule has 0 saturated carbocycles. The maximum Gasteiger partial charge on any atom is 0.161 e. The summed E-state index contributed by atoms with van der Waals surface area (Å²) in [7, 11) is 1.73. The van der Waals surface area contributed by atoms with E-state index in [1.165, 1.54) is 29.9 Å². The fourth-order valence-corrected chi connectivity index (χ4v) is 4.29. The second kappa shape index (κ2) is 6.49. The van der Waals surface area contributed by atoms with Gasteiger partial charge < -0.3 is 14.8 Å². The number of hydrogen-bond donors (Lipinski definition) is 1. The van der Waals surface area contributed by atoms with Crippen molar-refractivity contribution in [1.29, 1.82) is 0 Å². The van der Waals surface area contributed by atoms with Gasteiger partial charge in [-0.2, -0.15) is 11.8 Å². The van der Waals surface area contributed by atoms with E-state index in [0.717, 1.165) is 30.9 Å². The molecule has 0 aliphatic carbocycles. The van der Waals surface area contributed by atoms with E-state index in [0.29, 0.717) is 6.10 Å². The molecule has 1 aromatic carbocycles. The first kappa shape index (κ1) is 15.0. The van der Waals surface area contributed by atoms with Gasteiger partial charge in [-0.3, -0.25) is 0 Å². The molecule has 0 spiro atoms. The van der Waals surface area contributed by atoms with Crippen LogP contribution in [-0.2, 0) is 5.54 Å². The summed E-state index contributed by atoms with van der Waals surface area (Å²) in [6.45, 7) is 3.37. The lowest BCUT2D eigenvalue weighted by atomic mass is 9.90. The molecule has 0 amide bonds. The minimum Gasteiger partial charge on any atom is -0.493 e. The van der Waals surface area contributed by atoms with Crippen molar-refractivity contribution in [1.82, 2.24) is 5.32 Å². The highest BCUT2D eigenvalue weighted by molar-refractivity contribution is 7.99. The van der Waals surface area contributed by atoms with Gasteiger partial charge in [0.05, 0.1) is 7.11 Å². The van der Waals surface area contributed by atoms with E-state index in [9.17, 15) is 0 Å². The Morgan fingerprint density at radius 3 is 2.71 bits per heavy atom. The van der Waals surface area contributed by atoms with E-state index in [1.807, 2.05) is 11.8 Å². The maximum absolute atomic E-state index is 6.17. The first-order valence-corrected chi connectivity index (χ1v) is 9.05. The highest BCUT2D eigenvalue weighted by Crippen LogP contribution is 2.37. The quantitative estimate of drug-likeness (QED) is 0.921. The second-order valence-electron chi connectivity index (χ2n) is 6.16. The second-order valence-corrected chi connectivity index (χ2v) is 7.38. The average molecular weight is 307 g/mol. The highest BCUT2D eigenvalue weighted by atomic mass is 32.2. The van der Waals surface area contributed by atoms with Crippen molar-refractivity contribution in [3.63, 3.8) is 0 Å². The van der Waals surface area contributed by atoms with E-state index < -0.39 is 0 Å². The molecule has 1 unspecified atom stereocenters. The zero-order valence-electron chi connectivity index (χ0n) is 13.0. The number of ether oxygens (including phenoxy) is 2. The van der Waals surface area contributed by atoms with Gasteiger partial charge in [0.1, 0.15) is 6.10 Å². The standard InChI is InChI=1S/C17H25NO2S/c1-17(8-3-9-18-17)13-4-5-15(16(12-13)19-2)20-14-6-10-21-11-7-14/h4-5,12,14,18H,3,6-11H2,1-2H3. The Labute approximate surface area is 131 Å². The Bertz CT molecular complexity index is 480. The maximum atomic E-state index is 6.17. The summed E-state index contributed by atoms with van der Waals surface area (Å²) in [5, 5.41) is 3.60. The first-order chi connectivity index (χ1) is 10.2. The summed E-state index contributed by atoms with van der Waals surface area (Å²) >= 11 is 2.02. The van der Waals surface area contributed by atoms with Crippen LogP contribution in [-0.4, -0.2) is 31.3 Å². The number of benzene rings is 1. The lowest BCUT2D eigenvalue weighted by Gasteiger charge is -2.27. The zero-order chi connectivity index (χ0) is 14.7. The lowest BCUT2D eigenvalue weighted by Crippen LogP contribution is -2.33. The summed E-state index contributed by atoms with van der Waals surface area (Å²) in [5.41, 5.74) is 1.37. The van der Waals surface area contributed by atoms with Crippen LogP contribution in [0.25, 0.3) is 0 Å². The van der Waals surface area contributed by atoms with E-state index in [1.54, 1.807) is 7.11 Å². The van der Waals surface area contributed by atoms with Gasteiger partial charge in [-0.25, -0.2) is 0 Å². The van der Waals surface area contributed by atoms with Crippen LogP contribution in [0.2, 0.25) is 0 Å². The summed E-state index contributed by atoms with van der Waals surface area (Å²) in [6.07, 6.45) is 5.02. The smallest absolute Gasteiger partial charge is 0.161 e. The minimum absolute atomic E-state index is 0.0767. The molecule has 1 atom stereocenters. The van der Waals surface area contributed by atoms with Crippen molar-refractivity contribution in [2.75, 3.05) is 25.2 Å². The highest BCUT2D eigenvalue weighted by Gasteiger charge is 2.30. The van der Waals surface area contributed by atoms with E-state index >= 15 is 0 Å². The normalized spacial score (nSPS) is 26.8. The molecular weight excluding hydrogens is 282 g/mol. The van der Waals surface area contributed by atoms with Gasteiger partial charge in [0.15, 0.2) is 11.5 Å². The number of methoxy groups -OCH3 is 1. The lowest BCUT2D eigenvalue weighted by molar-refractivity contribution is 0.184. The Morgan fingerprint density at radius 1 is 1.24 bits per heavy atom. The van der Waals surface area contributed by atoms with Crippen LogP contribution in [0.1, 0.15) is 38.2 Å². The van der Waals surface area contributed by atoms with Crippen LogP contribution in [0.5, 0.6) is 11.5 Å². The van der Waals surface area contributed by atoms with E-state index in [2.05, 4.69) is 30.4 Å². The van der Waals surface area contributed by atoms with Gasteiger partial charge in [-0.15, -0.1) is 0 Å². The molecule has 3 rings (SSSR count). The summed E-state index contributed by atoms with van der Waals surface area (Å²) in [4.78, 5) is 0. The Morgan fingerprint density at radius 2 is 2.05 bits per heavy atom. The van der Waals surface area contributed by atoms with Crippen LogP contribution in [0, 0.1) is 0 Å². The monoisotopic (exact) mass is 307 g/mol. The molecule has 4 heteroatoms. The molecular formula is C17H25NO2S. The van der Waals surface area contributed by atoms with E-state index in [-0.39, 0.29) is 5.54 Å². The molecule has 1 N–H and O–H groups in total. The van der Waals surface area contributed by atoms with Crippen molar-refractivity contribution in [2.24, 2.45) is 0 Å². The van der Waals surface area contributed by atoms with Gasteiger partial charge in [0, 0.05) is 5.54 Å². The fourth-order valence-electron chi connectivity index (χ4n) is 3.22. The van der Waals surface area contributed by atoms with Crippen LogP contribution < -0.4 is 14.8 Å². The Kier molecular flexibility index (Phi) is 4.65. The van der Waals surface area contributed by atoms with Gasteiger partial charge in [0.2, 0.25) is 0 Å². The predicted molar refractivity (Wildman–Crippen MR) is 88.6 cm³/mol. The molecule has 0 bridgehead atoms.